The van der Waals surface area contributed by atoms with E-state index in [0.29, 0.717) is 37.6 Å². The van der Waals surface area contributed by atoms with Gasteiger partial charge in [-0.2, -0.15) is 0 Å². The molecule has 2 amide bonds. The molecule has 3 N–H and O–H groups in total. The van der Waals surface area contributed by atoms with E-state index in [9.17, 15) is 9.59 Å². The Bertz CT molecular complexity index is 686. The van der Waals surface area contributed by atoms with Crippen LogP contribution in [0.3, 0.4) is 0 Å². The van der Waals surface area contributed by atoms with Gasteiger partial charge in [0.1, 0.15) is 0 Å². The molecule has 1 aliphatic rings. The minimum atomic E-state index is -0.382. The highest BCUT2D eigenvalue weighted by molar-refractivity contribution is 5.89. The quantitative estimate of drug-likeness (QED) is 0.596. The molecule has 0 aliphatic carbocycles. The number of ether oxygens (including phenoxy) is 2. The fourth-order valence-electron chi connectivity index (χ4n) is 3.59. The predicted molar refractivity (Wildman–Crippen MR) is 116 cm³/mol. The summed E-state index contributed by atoms with van der Waals surface area (Å²) < 4.78 is 10.6. The van der Waals surface area contributed by atoms with Crippen LogP contribution in [0.15, 0.2) is 18.2 Å². The maximum absolute atomic E-state index is 12.7. The van der Waals surface area contributed by atoms with Gasteiger partial charge >= 0.3 is 0 Å². The van der Waals surface area contributed by atoms with Crippen molar-refractivity contribution in [2.45, 2.75) is 45.1 Å². The van der Waals surface area contributed by atoms with Crippen LogP contribution in [0.4, 0.5) is 0 Å². The van der Waals surface area contributed by atoms with Crippen molar-refractivity contribution < 1.29 is 19.1 Å². The number of hydrogen-bond acceptors (Lipinski definition) is 5. The number of hydrogen-bond donors (Lipinski definition) is 2. The molecule has 1 heterocycles. The molecule has 0 saturated carbocycles. The molecule has 1 atom stereocenters. The number of carbonyl (C=O) groups is 2. The number of benzene rings is 1. The Morgan fingerprint density at radius 2 is 1.90 bits per heavy atom. The van der Waals surface area contributed by atoms with Gasteiger partial charge < -0.3 is 25.4 Å². The van der Waals surface area contributed by atoms with Crippen LogP contribution in [0, 0.1) is 5.92 Å². The first-order chi connectivity index (χ1) is 13.4. The summed E-state index contributed by atoms with van der Waals surface area (Å²) in [5, 5.41) is 3.09. The highest BCUT2D eigenvalue weighted by atomic mass is 35.5. The van der Waals surface area contributed by atoms with Crippen molar-refractivity contribution in [1.82, 2.24) is 10.2 Å². The minimum Gasteiger partial charge on any atom is -0.493 e. The number of halogens is 1. The van der Waals surface area contributed by atoms with Crippen LogP contribution < -0.4 is 20.5 Å². The van der Waals surface area contributed by atoms with E-state index in [4.69, 9.17) is 15.2 Å². The molecular weight excluding hydrogens is 394 g/mol. The molecule has 1 aliphatic heterocycles. The lowest BCUT2D eigenvalue weighted by Crippen LogP contribution is -2.54. The van der Waals surface area contributed by atoms with Gasteiger partial charge in [0.2, 0.25) is 11.8 Å². The highest BCUT2D eigenvalue weighted by Crippen LogP contribution is 2.28. The number of methoxy groups -OCH3 is 2. The summed E-state index contributed by atoms with van der Waals surface area (Å²) >= 11 is 0. The summed E-state index contributed by atoms with van der Waals surface area (Å²) in [6.07, 6.45) is 2.49. The van der Waals surface area contributed by atoms with Crippen molar-refractivity contribution >= 4 is 24.2 Å². The topological polar surface area (TPSA) is 93.9 Å². The second kappa shape index (κ2) is 11.3. The smallest absolute Gasteiger partial charge is 0.225 e. The number of amides is 2. The first kappa shape index (κ1) is 25.0. The number of likely N-dealkylation sites (tertiary alicyclic amines) is 1. The van der Waals surface area contributed by atoms with Crippen LogP contribution in [0.25, 0.3) is 0 Å². The third kappa shape index (κ3) is 6.00. The van der Waals surface area contributed by atoms with Crippen LogP contribution in [-0.2, 0) is 16.0 Å². The molecule has 1 aromatic rings. The Kier molecular flexibility index (Phi) is 9.73. The molecule has 7 nitrogen and oxygen atoms in total. The van der Waals surface area contributed by atoms with E-state index in [2.05, 4.69) is 5.32 Å². The van der Waals surface area contributed by atoms with Crippen molar-refractivity contribution in [2.24, 2.45) is 11.7 Å². The molecule has 0 spiro atoms. The summed E-state index contributed by atoms with van der Waals surface area (Å²) in [6.45, 7) is 5.46. The number of carbonyl (C=O) groups excluding carboxylic acids is 2. The molecule has 0 bridgehead atoms. The van der Waals surface area contributed by atoms with Crippen LogP contribution in [0.5, 0.6) is 11.5 Å². The first-order valence-electron chi connectivity index (χ1n) is 9.92. The third-order valence-corrected chi connectivity index (χ3v) is 5.84. The summed E-state index contributed by atoms with van der Waals surface area (Å²) in [4.78, 5) is 26.8. The van der Waals surface area contributed by atoms with Gasteiger partial charge in [0.15, 0.2) is 11.5 Å². The van der Waals surface area contributed by atoms with Gasteiger partial charge in [-0.25, -0.2) is 0 Å². The van der Waals surface area contributed by atoms with E-state index in [-0.39, 0.29) is 42.1 Å². The van der Waals surface area contributed by atoms with Crippen LogP contribution >= 0.6 is 12.4 Å². The fourth-order valence-corrected chi connectivity index (χ4v) is 3.59. The Balaban J connectivity index is 0.00000420. The zero-order valence-corrected chi connectivity index (χ0v) is 18.6. The van der Waals surface area contributed by atoms with Gasteiger partial charge in [-0.15, -0.1) is 12.4 Å². The summed E-state index contributed by atoms with van der Waals surface area (Å²) in [6, 6.07) is 5.74. The normalized spacial score (nSPS) is 16.4. The molecule has 29 heavy (non-hydrogen) atoms. The lowest BCUT2D eigenvalue weighted by molar-refractivity contribution is -0.129. The van der Waals surface area contributed by atoms with Crippen LogP contribution in [-0.4, -0.2) is 56.1 Å². The largest absolute Gasteiger partial charge is 0.493 e. The molecule has 1 unspecified atom stereocenters. The van der Waals surface area contributed by atoms with E-state index in [1.807, 2.05) is 32.0 Å². The molecule has 2 rings (SSSR count). The second-order valence-corrected chi connectivity index (χ2v) is 7.36. The lowest BCUT2D eigenvalue weighted by Gasteiger charge is -2.32. The van der Waals surface area contributed by atoms with Gasteiger partial charge in [-0.3, -0.25) is 9.59 Å². The monoisotopic (exact) mass is 427 g/mol. The average Bonchev–Trinajstić information content (AvgIpc) is 3.11. The fraction of sp³-hybridized carbons (Fsp3) is 0.619. The zero-order valence-electron chi connectivity index (χ0n) is 17.8. The first-order valence-corrected chi connectivity index (χ1v) is 9.92. The number of nitrogens with zero attached hydrogens (tertiary/aromatic N) is 1. The molecule has 0 aromatic heterocycles. The maximum Gasteiger partial charge on any atom is 0.225 e. The summed E-state index contributed by atoms with van der Waals surface area (Å²) in [5.41, 5.74) is 6.55. The lowest BCUT2D eigenvalue weighted by atomic mass is 9.91. The SMILES string of the molecule is CCC(CC)(CN)NC(=O)C1CC(=O)N(CCc2ccc(OC)c(OC)c2)C1.Cl. The number of rotatable bonds is 10. The Labute approximate surface area is 179 Å². The van der Waals surface area contributed by atoms with E-state index in [1.165, 1.54) is 0 Å². The van der Waals surface area contributed by atoms with Crippen LogP contribution in [0.2, 0.25) is 0 Å². The summed E-state index contributed by atoms with van der Waals surface area (Å²) in [5.74, 6) is 0.975. The van der Waals surface area contributed by atoms with Gasteiger partial charge in [-0.05, 0) is 37.0 Å². The van der Waals surface area contributed by atoms with Crippen molar-refractivity contribution in [3.8, 4) is 11.5 Å². The Morgan fingerprint density at radius 1 is 1.24 bits per heavy atom. The van der Waals surface area contributed by atoms with E-state index >= 15 is 0 Å². The Morgan fingerprint density at radius 3 is 2.45 bits per heavy atom. The minimum absolute atomic E-state index is 0. The highest BCUT2D eigenvalue weighted by Gasteiger charge is 2.37. The van der Waals surface area contributed by atoms with Crippen molar-refractivity contribution in [3.05, 3.63) is 23.8 Å². The van der Waals surface area contributed by atoms with Crippen molar-refractivity contribution in [1.29, 1.82) is 0 Å². The number of nitrogens with one attached hydrogen (secondary N) is 1. The molecule has 1 saturated heterocycles. The van der Waals surface area contributed by atoms with E-state index in [0.717, 1.165) is 18.4 Å². The summed E-state index contributed by atoms with van der Waals surface area (Å²) in [7, 11) is 3.20. The molecular formula is C21H34ClN3O4. The molecule has 1 aromatic carbocycles. The maximum atomic E-state index is 12.7. The van der Waals surface area contributed by atoms with Crippen molar-refractivity contribution in [3.63, 3.8) is 0 Å². The third-order valence-electron chi connectivity index (χ3n) is 5.84. The molecule has 1 fully saturated rings. The standard InChI is InChI=1S/C21H33N3O4.ClH/c1-5-21(6-2,14-22)23-20(26)16-12-19(25)24(13-16)10-9-15-7-8-17(27-3)18(11-15)28-4;/h7-8,11,16H,5-6,9-10,12-14,22H2,1-4H3,(H,23,26);1H. The van der Waals surface area contributed by atoms with Crippen LogP contribution in [0.1, 0.15) is 38.7 Å². The molecule has 0 radical (unpaired) electrons. The van der Waals surface area contributed by atoms with Gasteiger partial charge in [0, 0.05) is 26.1 Å². The van der Waals surface area contributed by atoms with Gasteiger partial charge in [0.25, 0.3) is 0 Å². The number of nitrogens with two attached hydrogens (primary N) is 1. The van der Waals surface area contributed by atoms with Gasteiger partial charge in [0.05, 0.1) is 25.7 Å². The van der Waals surface area contributed by atoms with Gasteiger partial charge in [-0.1, -0.05) is 19.9 Å². The average molecular weight is 428 g/mol. The predicted octanol–water partition coefficient (Wildman–Crippen LogP) is 2.15. The van der Waals surface area contributed by atoms with Crippen molar-refractivity contribution in [2.75, 3.05) is 33.9 Å². The van der Waals surface area contributed by atoms with E-state index in [1.54, 1.807) is 19.1 Å². The molecule has 164 valence electrons. The molecule has 8 heteroatoms. The second-order valence-electron chi connectivity index (χ2n) is 7.36. The Hall–Kier alpha value is -1.99. The van der Waals surface area contributed by atoms with E-state index < -0.39 is 0 Å². The zero-order chi connectivity index (χ0) is 20.7.